The molecular weight excluding hydrogens is 236 g/mol. The van der Waals surface area contributed by atoms with Crippen molar-refractivity contribution in [3.8, 4) is 0 Å². The maximum Gasteiger partial charge on any atom is 0.322 e. The Hall–Kier alpha value is -2.29. The molecular formula is C16H18N2O. The highest BCUT2D eigenvalue weighted by Crippen LogP contribution is 2.16. The molecule has 2 amide bonds. The van der Waals surface area contributed by atoms with Crippen LogP contribution < -0.4 is 10.2 Å². The van der Waals surface area contributed by atoms with E-state index in [0.29, 0.717) is 13.1 Å². The lowest BCUT2D eigenvalue weighted by atomic mass is 10.2. The number of nitrogens with zero attached hydrogens (tertiary/aromatic N) is 1. The van der Waals surface area contributed by atoms with Gasteiger partial charge in [-0.05, 0) is 24.6 Å². The van der Waals surface area contributed by atoms with E-state index in [9.17, 15) is 4.79 Å². The zero-order chi connectivity index (χ0) is 13.5. The second-order valence-electron chi connectivity index (χ2n) is 4.24. The first-order valence-corrected chi connectivity index (χ1v) is 6.45. The summed E-state index contributed by atoms with van der Waals surface area (Å²) >= 11 is 0. The van der Waals surface area contributed by atoms with Crippen molar-refractivity contribution in [1.82, 2.24) is 5.32 Å². The fraction of sp³-hybridized carbons (Fsp3) is 0.188. The van der Waals surface area contributed by atoms with E-state index in [4.69, 9.17) is 0 Å². The smallest absolute Gasteiger partial charge is 0.322 e. The van der Waals surface area contributed by atoms with Crippen LogP contribution in [0.1, 0.15) is 12.5 Å². The van der Waals surface area contributed by atoms with Gasteiger partial charge in [0.05, 0.1) is 6.54 Å². The van der Waals surface area contributed by atoms with Crippen LogP contribution in [0.25, 0.3) is 0 Å². The molecule has 0 aliphatic carbocycles. The lowest BCUT2D eigenvalue weighted by molar-refractivity contribution is 0.246. The van der Waals surface area contributed by atoms with Gasteiger partial charge >= 0.3 is 6.03 Å². The number of hydrogen-bond donors (Lipinski definition) is 1. The Bertz CT molecular complexity index is 511. The van der Waals surface area contributed by atoms with E-state index in [1.807, 2.05) is 67.6 Å². The molecule has 0 heterocycles. The zero-order valence-electron chi connectivity index (χ0n) is 11.0. The second-order valence-corrected chi connectivity index (χ2v) is 4.24. The highest BCUT2D eigenvalue weighted by molar-refractivity contribution is 5.91. The standard InChI is InChI=1S/C16H18N2O/c1-2-17-16(19)18(15-11-7-4-8-12-15)13-14-9-5-3-6-10-14/h3-12H,2,13H2,1H3,(H,17,19). The van der Waals surface area contributed by atoms with Crippen molar-refractivity contribution >= 4 is 11.7 Å². The monoisotopic (exact) mass is 254 g/mol. The van der Waals surface area contributed by atoms with E-state index >= 15 is 0 Å². The van der Waals surface area contributed by atoms with Crippen LogP contribution in [0.3, 0.4) is 0 Å². The highest BCUT2D eigenvalue weighted by Gasteiger charge is 2.14. The first-order valence-electron chi connectivity index (χ1n) is 6.45. The molecule has 0 saturated heterocycles. The first kappa shape index (κ1) is 13.1. The van der Waals surface area contributed by atoms with Crippen LogP contribution in [0.4, 0.5) is 10.5 Å². The van der Waals surface area contributed by atoms with Gasteiger partial charge < -0.3 is 5.32 Å². The van der Waals surface area contributed by atoms with Crippen molar-refractivity contribution in [2.24, 2.45) is 0 Å². The molecule has 1 N–H and O–H groups in total. The number of nitrogens with one attached hydrogen (secondary N) is 1. The van der Waals surface area contributed by atoms with Crippen LogP contribution in [0, 0.1) is 0 Å². The Morgan fingerprint density at radius 1 is 1.00 bits per heavy atom. The summed E-state index contributed by atoms with van der Waals surface area (Å²) in [6.45, 7) is 3.11. The van der Waals surface area contributed by atoms with E-state index < -0.39 is 0 Å². The summed E-state index contributed by atoms with van der Waals surface area (Å²) in [5.74, 6) is 0. The number of para-hydroxylation sites is 1. The van der Waals surface area contributed by atoms with Gasteiger partial charge in [0.2, 0.25) is 0 Å². The van der Waals surface area contributed by atoms with Crippen LogP contribution in [0.5, 0.6) is 0 Å². The number of hydrogen-bond acceptors (Lipinski definition) is 1. The molecule has 0 radical (unpaired) electrons. The predicted molar refractivity (Wildman–Crippen MR) is 78.1 cm³/mol. The number of benzene rings is 2. The van der Waals surface area contributed by atoms with Gasteiger partial charge in [-0.25, -0.2) is 4.79 Å². The molecule has 0 spiro atoms. The largest absolute Gasteiger partial charge is 0.338 e. The van der Waals surface area contributed by atoms with Crippen molar-refractivity contribution < 1.29 is 4.79 Å². The third-order valence-corrected chi connectivity index (χ3v) is 2.82. The zero-order valence-corrected chi connectivity index (χ0v) is 11.0. The quantitative estimate of drug-likeness (QED) is 0.890. The third-order valence-electron chi connectivity index (χ3n) is 2.82. The first-order chi connectivity index (χ1) is 9.31. The predicted octanol–water partition coefficient (Wildman–Crippen LogP) is 3.42. The minimum atomic E-state index is -0.0717. The lowest BCUT2D eigenvalue weighted by Crippen LogP contribution is -2.39. The molecule has 2 aromatic carbocycles. The molecule has 3 nitrogen and oxygen atoms in total. The van der Waals surface area contributed by atoms with E-state index in [0.717, 1.165) is 11.3 Å². The average Bonchev–Trinajstić information content (AvgIpc) is 2.47. The topological polar surface area (TPSA) is 32.3 Å². The van der Waals surface area contributed by atoms with E-state index in [1.54, 1.807) is 4.90 Å². The Balaban J connectivity index is 2.22. The fourth-order valence-corrected chi connectivity index (χ4v) is 1.90. The maximum atomic E-state index is 12.2. The number of anilines is 1. The summed E-state index contributed by atoms with van der Waals surface area (Å²) in [6, 6.07) is 19.6. The summed E-state index contributed by atoms with van der Waals surface area (Å²) in [7, 11) is 0. The van der Waals surface area contributed by atoms with Gasteiger partial charge in [0.15, 0.2) is 0 Å². The molecule has 19 heavy (non-hydrogen) atoms. The molecule has 0 fully saturated rings. The van der Waals surface area contributed by atoms with E-state index in [-0.39, 0.29) is 6.03 Å². The molecule has 0 aliphatic rings. The average molecular weight is 254 g/mol. The molecule has 0 saturated carbocycles. The molecule has 0 atom stereocenters. The van der Waals surface area contributed by atoms with Crippen molar-refractivity contribution in [2.45, 2.75) is 13.5 Å². The third kappa shape index (κ3) is 3.58. The molecule has 98 valence electrons. The van der Waals surface area contributed by atoms with Crippen molar-refractivity contribution in [3.63, 3.8) is 0 Å². The summed E-state index contributed by atoms with van der Waals surface area (Å²) < 4.78 is 0. The molecule has 0 bridgehead atoms. The summed E-state index contributed by atoms with van der Waals surface area (Å²) in [5.41, 5.74) is 2.01. The summed E-state index contributed by atoms with van der Waals surface area (Å²) in [6.07, 6.45) is 0. The Kier molecular flexibility index (Phi) is 4.56. The minimum Gasteiger partial charge on any atom is -0.338 e. The van der Waals surface area contributed by atoms with Crippen molar-refractivity contribution in [1.29, 1.82) is 0 Å². The van der Waals surface area contributed by atoms with E-state index in [1.165, 1.54) is 0 Å². The van der Waals surface area contributed by atoms with Gasteiger partial charge in [0, 0.05) is 12.2 Å². The van der Waals surface area contributed by atoms with Crippen LogP contribution in [-0.2, 0) is 6.54 Å². The SMILES string of the molecule is CCNC(=O)N(Cc1ccccc1)c1ccccc1. The number of rotatable bonds is 4. The number of carbonyl (C=O) groups excluding carboxylic acids is 1. The normalized spacial score (nSPS) is 9.95. The van der Waals surface area contributed by atoms with Crippen molar-refractivity contribution in [2.75, 3.05) is 11.4 Å². The summed E-state index contributed by atoms with van der Waals surface area (Å²) in [5, 5.41) is 2.85. The Morgan fingerprint density at radius 2 is 1.58 bits per heavy atom. The maximum absolute atomic E-state index is 12.2. The van der Waals surface area contributed by atoms with Crippen LogP contribution in [-0.4, -0.2) is 12.6 Å². The number of amides is 2. The highest BCUT2D eigenvalue weighted by atomic mass is 16.2. The van der Waals surface area contributed by atoms with Gasteiger partial charge in [-0.1, -0.05) is 48.5 Å². The Labute approximate surface area is 113 Å². The molecule has 0 aliphatic heterocycles. The summed E-state index contributed by atoms with van der Waals surface area (Å²) in [4.78, 5) is 13.9. The van der Waals surface area contributed by atoms with Gasteiger partial charge in [-0.15, -0.1) is 0 Å². The fourth-order valence-electron chi connectivity index (χ4n) is 1.90. The van der Waals surface area contributed by atoms with Gasteiger partial charge in [0.1, 0.15) is 0 Å². The molecule has 0 unspecified atom stereocenters. The van der Waals surface area contributed by atoms with Crippen LogP contribution >= 0.6 is 0 Å². The minimum absolute atomic E-state index is 0.0717. The van der Waals surface area contributed by atoms with E-state index in [2.05, 4.69) is 5.32 Å². The molecule has 3 heteroatoms. The van der Waals surface area contributed by atoms with Gasteiger partial charge in [-0.3, -0.25) is 4.90 Å². The Morgan fingerprint density at radius 3 is 2.16 bits per heavy atom. The van der Waals surface area contributed by atoms with Crippen LogP contribution in [0.15, 0.2) is 60.7 Å². The van der Waals surface area contributed by atoms with Gasteiger partial charge in [-0.2, -0.15) is 0 Å². The lowest BCUT2D eigenvalue weighted by Gasteiger charge is -2.23. The van der Waals surface area contributed by atoms with Gasteiger partial charge in [0.25, 0.3) is 0 Å². The second kappa shape index (κ2) is 6.59. The number of carbonyl (C=O) groups is 1. The molecule has 2 rings (SSSR count). The van der Waals surface area contributed by atoms with Crippen molar-refractivity contribution in [3.05, 3.63) is 66.2 Å². The number of urea groups is 1. The van der Waals surface area contributed by atoms with Crippen LogP contribution in [0.2, 0.25) is 0 Å². The molecule has 0 aromatic heterocycles. The molecule has 2 aromatic rings.